The average molecular weight is 322 g/mol. The van der Waals surface area contributed by atoms with Crippen LogP contribution in [0.3, 0.4) is 0 Å². The first kappa shape index (κ1) is 15.9. The summed E-state index contributed by atoms with van der Waals surface area (Å²) in [5.74, 6) is -1.37. The van der Waals surface area contributed by atoms with Crippen LogP contribution in [0.1, 0.15) is 44.1 Å². The molecular weight excluding hydrogens is 302 g/mol. The van der Waals surface area contributed by atoms with Crippen LogP contribution in [0.15, 0.2) is 18.2 Å². The zero-order valence-electron chi connectivity index (χ0n) is 12.9. The van der Waals surface area contributed by atoms with Crippen molar-refractivity contribution in [3.8, 4) is 0 Å². The van der Waals surface area contributed by atoms with Crippen molar-refractivity contribution in [3.05, 3.63) is 35.4 Å². The van der Waals surface area contributed by atoms with Gasteiger partial charge in [0.1, 0.15) is 11.6 Å². The molecule has 1 aromatic carbocycles. The Morgan fingerprint density at radius 2 is 1.87 bits per heavy atom. The summed E-state index contributed by atoms with van der Waals surface area (Å²) in [5, 5.41) is 2.88. The highest BCUT2D eigenvalue weighted by Gasteiger charge is 2.46. The van der Waals surface area contributed by atoms with Crippen molar-refractivity contribution in [2.45, 2.75) is 44.1 Å². The van der Waals surface area contributed by atoms with Gasteiger partial charge in [-0.15, -0.1) is 0 Å². The molecule has 1 aromatic rings. The Hall–Kier alpha value is -1.98. The third kappa shape index (κ3) is 3.68. The molecule has 0 atom stereocenters. The van der Waals surface area contributed by atoms with Crippen LogP contribution in [0.2, 0.25) is 0 Å². The second-order valence-electron chi connectivity index (χ2n) is 6.38. The molecule has 1 aliphatic heterocycles. The van der Waals surface area contributed by atoms with Gasteiger partial charge in [0.15, 0.2) is 0 Å². The fourth-order valence-electron chi connectivity index (χ4n) is 3.11. The van der Waals surface area contributed by atoms with Crippen LogP contribution in [0.4, 0.5) is 8.78 Å². The summed E-state index contributed by atoms with van der Waals surface area (Å²) in [6.45, 7) is 1.10. The molecule has 0 spiro atoms. The molecule has 124 valence electrons. The Balaban J connectivity index is 1.58. The summed E-state index contributed by atoms with van der Waals surface area (Å²) in [6, 6.07) is 3.36. The van der Waals surface area contributed by atoms with Crippen LogP contribution in [0.25, 0.3) is 0 Å². The summed E-state index contributed by atoms with van der Waals surface area (Å²) in [7, 11) is 0. The maximum Gasteiger partial charge on any atom is 0.222 e. The van der Waals surface area contributed by atoms with E-state index < -0.39 is 17.2 Å². The molecule has 23 heavy (non-hydrogen) atoms. The zero-order valence-corrected chi connectivity index (χ0v) is 12.9. The van der Waals surface area contributed by atoms with Crippen molar-refractivity contribution in [2.75, 3.05) is 13.1 Å². The van der Waals surface area contributed by atoms with E-state index in [1.807, 2.05) is 0 Å². The van der Waals surface area contributed by atoms with E-state index in [1.165, 1.54) is 12.1 Å². The predicted molar refractivity (Wildman–Crippen MR) is 80.5 cm³/mol. The molecule has 1 heterocycles. The van der Waals surface area contributed by atoms with Gasteiger partial charge < -0.3 is 10.2 Å². The van der Waals surface area contributed by atoms with Crippen LogP contribution in [0.5, 0.6) is 0 Å². The van der Waals surface area contributed by atoms with E-state index in [1.54, 1.807) is 4.90 Å². The second kappa shape index (κ2) is 6.26. The van der Waals surface area contributed by atoms with Gasteiger partial charge in [0, 0.05) is 32.0 Å². The number of carbonyl (C=O) groups excluding carboxylic acids is 2. The van der Waals surface area contributed by atoms with E-state index in [0.29, 0.717) is 37.9 Å². The quantitative estimate of drug-likeness (QED) is 0.905. The first-order chi connectivity index (χ1) is 11.0. The number of rotatable bonds is 5. The number of nitrogens with zero attached hydrogens (tertiary/aromatic N) is 1. The molecule has 0 aromatic heterocycles. The number of carbonyl (C=O) groups is 2. The van der Waals surface area contributed by atoms with Crippen LogP contribution in [-0.4, -0.2) is 29.8 Å². The number of benzene rings is 1. The molecule has 6 heteroatoms. The monoisotopic (exact) mass is 322 g/mol. The Morgan fingerprint density at radius 3 is 2.48 bits per heavy atom. The lowest BCUT2D eigenvalue weighted by molar-refractivity contribution is -0.133. The normalized spacial score (nSPS) is 19.6. The van der Waals surface area contributed by atoms with Crippen molar-refractivity contribution >= 4 is 11.8 Å². The number of piperidine rings is 1. The standard InChI is InChI=1S/C17H20F2N2O2/c18-13-9-12(10-14(19)11-13)17(5-6-17)20-15(22)4-8-21-7-2-1-3-16(21)23/h9-11H,1-8H2,(H,20,22). The minimum absolute atomic E-state index is 0.0948. The summed E-state index contributed by atoms with van der Waals surface area (Å²) < 4.78 is 26.7. The molecule has 1 N–H and O–H groups in total. The van der Waals surface area contributed by atoms with Crippen LogP contribution >= 0.6 is 0 Å². The SMILES string of the molecule is O=C(CCN1CCCCC1=O)NC1(c2cc(F)cc(F)c2)CC1. The Labute approximate surface area is 133 Å². The minimum Gasteiger partial charge on any atom is -0.347 e. The highest BCUT2D eigenvalue weighted by molar-refractivity contribution is 5.80. The fraction of sp³-hybridized carbons (Fsp3) is 0.529. The first-order valence-electron chi connectivity index (χ1n) is 8.04. The summed E-state index contributed by atoms with van der Waals surface area (Å²) in [5.41, 5.74) is -0.177. The lowest BCUT2D eigenvalue weighted by atomic mass is 10.0. The number of hydrogen-bond acceptors (Lipinski definition) is 2. The van der Waals surface area contributed by atoms with Crippen molar-refractivity contribution < 1.29 is 18.4 Å². The average Bonchev–Trinajstić information content (AvgIpc) is 3.26. The van der Waals surface area contributed by atoms with Gasteiger partial charge in [-0.2, -0.15) is 0 Å². The summed E-state index contributed by atoms with van der Waals surface area (Å²) >= 11 is 0. The van der Waals surface area contributed by atoms with Gasteiger partial charge in [0.05, 0.1) is 5.54 Å². The predicted octanol–water partition coefficient (Wildman–Crippen LogP) is 2.47. The van der Waals surface area contributed by atoms with E-state index in [2.05, 4.69) is 5.32 Å². The van der Waals surface area contributed by atoms with Crippen LogP contribution in [-0.2, 0) is 15.1 Å². The van der Waals surface area contributed by atoms with Gasteiger partial charge in [0.2, 0.25) is 11.8 Å². The van der Waals surface area contributed by atoms with Crippen LogP contribution < -0.4 is 5.32 Å². The number of hydrogen-bond donors (Lipinski definition) is 1. The summed E-state index contributed by atoms with van der Waals surface area (Å²) in [4.78, 5) is 25.6. The van der Waals surface area contributed by atoms with E-state index in [4.69, 9.17) is 0 Å². The smallest absolute Gasteiger partial charge is 0.222 e. The van der Waals surface area contributed by atoms with Crippen molar-refractivity contribution in [3.63, 3.8) is 0 Å². The Kier molecular flexibility index (Phi) is 4.33. The number of amides is 2. The van der Waals surface area contributed by atoms with Gasteiger partial charge in [-0.3, -0.25) is 9.59 Å². The molecule has 0 unspecified atom stereocenters. The highest BCUT2D eigenvalue weighted by Crippen LogP contribution is 2.45. The van der Waals surface area contributed by atoms with Crippen molar-refractivity contribution in [2.24, 2.45) is 0 Å². The highest BCUT2D eigenvalue weighted by atomic mass is 19.1. The fourth-order valence-corrected chi connectivity index (χ4v) is 3.11. The van der Waals surface area contributed by atoms with E-state index in [-0.39, 0.29) is 18.2 Å². The van der Waals surface area contributed by atoms with Crippen molar-refractivity contribution in [1.82, 2.24) is 10.2 Å². The lowest BCUT2D eigenvalue weighted by Crippen LogP contribution is -2.40. The maximum atomic E-state index is 13.4. The molecular formula is C17H20F2N2O2. The van der Waals surface area contributed by atoms with E-state index in [9.17, 15) is 18.4 Å². The molecule has 1 saturated heterocycles. The van der Waals surface area contributed by atoms with Gasteiger partial charge in [-0.25, -0.2) is 8.78 Å². The zero-order chi connectivity index (χ0) is 16.4. The van der Waals surface area contributed by atoms with E-state index >= 15 is 0 Å². The molecule has 4 nitrogen and oxygen atoms in total. The molecule has 2 aliphatic rings. The van der Waals surface area contributed by atoms with Crippen LogP contribution in [0, 0.1) is 11.6 Å². The Morgan fingerprint density at radius 1 is 1.17 bits per heavy atom. The molecule has 3 rings (SSSR count). The molecule has 2 fully saturated rings. The Bertz CT molecular complexity index is 609. The number of halogens is 2. The van der Waals surface area contributed by atoms with Crippen molar-refractivity contribution in [1.29, 1.82) is 0 Å². The maximum absolute atomic E-state index is 13.4. The summed E-state index contributed by atoms with van der Waals surface area (Å²) in [6.07, 6.45) is 3.99. The lowest BCUT2D eigenvalue weighted by Gasteiger charge is -2.27. The first-order valence-corrected chi connectivity index (χ1v) is 8.04. The molecule has 0 bridgehead atoms. The molecule has 1 aliphatic carbocycles. The molecule has 2 amide bonds. The third-order valence-electron chi connectivity index (χ3n) is 4.57. The van der Waals surface area contributed by atoms with Gasteiger partial charge >= 0.3 is 0 Å². The van der Waals surface area contributed by atoms with E-state index in [0.717, 1.165) is 18.9 Å². The number of likely N-dealkylation sites (tertiary alicyclic amines) is 1. The number of nitrogens with one attached hydrogen (secondary N) is 1. The molecule has 0 radical (unpaired) electrons. The minimum atomic E-state index is -0.647. The largest absolute Gasteiger partial charge is 0.347 e. The van der Waals surface area contributed by atoms with Gasteiger partial charge in [-0.1, -0.05) is 0 Å². The van der Waals surface area contributed by atoms with Gasteiger partial charge in [-0.05, 0) is 43.4 Å². The topological polar surface area (TPSA) is 49.4 Å². The third-order valence-corrected chi connectivity index (χ3v) is 4.57. The van der Waals surface area contributed by atoms with Gasteiger partial charge in [0.25, 0.3) is 0 Å². The second-order valence-corrected chi connectivity index (χ2v) is 6.38. The molecule has 1 saturated carbocycles.